The van der Waals surface area contributed by atoms with E-state index in [1.54, 1.807) is 6.92 Å². The Morgan fingerprint density at radius 3 is 2.62 bits per heavy atom. The summed E-state index contributed by atoms with van der Waals surface area (Å²) >= 11 is 0. The molecule has 0 aliphatic heterocycles. The fraction of sp³-hybridized carbons (Fsp3) is 0.125. The molecular weight excluding hydrogens is 272 g/mol. The van der Waals surface area contributed by atoms with E-state index in [1.807, 2.05) is 25.1 Å². The number of aromatic nitrogens is 2. The van der Waals surface area contributed by atoms with Crippen molar-refractivity contribution in [2.75, 3.05) is 5.32 Å². The number of nitrogens with one attached hydrogen (secondary N) is 1. The summed E-state index contributed by atoms with van der Waals surface area (Å²) < 4.78 is 27.0. The van der Waals surface area contributed by atoms with Gasteiger partial charge < -0.3 is 5.32 Å². The summed E-state index contributed by atoms with van der Waals surface area (Å²) in [6.07, 6.45) is 1.42. The van der Waals surface area contributed by atoms with Gasteiger partial charge in [-0.3, -0.25) is 0 Å². The van der Waals surface area contributed by atoms with Gasteiger partial charge in [-0.2, -0.15) is 0 Å². The number of aryl methyl sites for hydroxylation is 1. The van der Waals surface area contributed by atoms with E-state index in [4.69, 9.17) is 0 Å². The maximum atomic E-state index is 13.6. The van der Waals surface area contributed by atoms with Gasteiger partial charge in [0.1, 0.15) is 23.8 Å². The second kappa shape index (κ2) is 5.09. The van der Waals surface area contributed by atoms with E-state index in [-0.39, 0.29) is 0 Å². The zero-order valence-corrected chi connectivity index (χ0v) is 11.6. The summed E-state index contributed by atoms with van der Waals surface area (Å²) in [6, 6.07) is 7.89. The fourth-order valence-corrected chi connectivity index (χ4v) is 2.17. The highest BCUT2D eigenvalue weighted by Gasteiger charge is 2.10. The Bertz CT molecular complexity index is 831. The predicted molar refractivity (Wildman–Crippen MR) is 78.7 cm³/mol. The van der Waals surface area contributed by atoms with Crippen molar-refractivity contribution in [1.82, 2.24) is 9.97 Å². The number of fused-ring (bicyclic) bond motifs is 1. The van der Waals surface area contributed by atoms with Crippen molar-refractivity contribution in [2.24, 2.45) is 0 Å². The van der Waals surface area contributed by atoms with Crippen LogP contribution >= 0.6 is 0 Å². The molecule has 0 saturated heterocycles. The van der Waals surface area contributed by atoms with Crippen molar-refractivity contribution >= 4 is 22.4 Å². The summed E-state index contributed by atoms with van der Waals surface area (Å²) in [6.45, 7) is 3.55. The van der Waals surface area contributed by atoms with Crippen LogP contribution in [-0.2, 0) is 0 Å². The van der Waals surface area contributed by atoms with Crippen LogP contribution in [0.15, 0.2) is 36.7 Å². The minimum absolute atomic E-state index is 0.343. The van der Waals surface area contributed by atoms with Gasteiger partial charge in [-0.25, -0.2) is 18.7 Å². The summed E-state index contributed by atoms with van der Waals surface area (Å²) in [5, 5.41) is 3.80. The third-order valence-corrected chi connectivity index (χ3v) is 3.35. The second-order valence-electron chi connectivity index (χ2n) is 4.93. The molecule has 3 nitrogen and oxygen atoms in total. The van der Waals surface area contributed by atoms with E-state index in [1.165, 1.54) is 12.4 Å². The van der Waals surface area contributed by atoms with Gasteiger partial charge in [0.15, 0.2) is 0 Å². The number of benzene rings is 2. The van der Waals surface area contributed by atoms with Crippen LogP contribution in [0.25, 0.3) is 10.9 Å². The van der Waals surface area contributed by atoms with E-state index in [0.29, 0.717) is 17.1 Å². The zero-order chi connectivity index (χ0) is 15.0. The minimum atomic E-state index is -0.629. The normalized spacial score (nSPS) is 10.9. The monoisotopic (exact) mass is 285 g/mol. The summed E-state index contributed by atoms with van der Waals surface area (Å²) in [7, 11) is 0. The van der Waals surface area contributed by atoms with Gasteiger partial charge in [-0.05, 0) is 32.0 Å². The number of hydrogen-bond donors (Lipinski definition) is 1. The molecule has 1 aromatic heterocycles. The van der Waals surface area contributed by atoms with Crippen molar-refractivity contribution in [1.29, 1.82) is 0 Å². The van der Waals surface area contributed by atoms with Crippen LogP contribution in [0.4, 0.5) is 20.3 Å². The molecule has 0 aliphatic carbocycles. The first kappa shape index (κ1) is 13.4. The molecule has 21 heavy (non-hydrogen) atoms. The van der Waals surface area contributed by atoms with Crippen LogP contribution < -0.4 is 5.32 Å². The van der Waals surface area contributed by atoms with Gasteiger partial charge in [0.05, 0.1) is 5.52 Å². The standard InChI is InChI=1S/C16H13F2N3/c1-9-3-4-14-12(5-9)16(20-8-19-14)21-15-7-11(17)6-13(18)10(15)2/h3-8H,1-2H3,(H,19,20,21). The molecule has 1 N–H and O–H groups in total. The van der Waals surface area contributed by atoms with Gasteiger partial charge in [-0.15, -0.1) is 0 Å². The SMILES string of the molecule is Cc1ccc2ncnc(Nc3cc(F)cc(F)c3C)c2c1. The molecule has 0 amide bonds. The Morgan fingerprint density at radius 1 is 1.00 bits per heavy atom. The molecular formula is C16H13F2N3. The second-order valence-corrected chi connectivity index (χ2v) is 4.93. The van der Waals surface area contributed by atoms with Crippen LogP contribution in [0.1, 0.15) is 11.1 Å². The molecule has 2 aromatic carbocycles. The van der Waals surface area contributed by atoms with Crippen LogP contribution in [-0.4, -0.2) is 9.97 Å². The third kappa shape index (κ3) is 2.54. The van der Waals surface area contributed by atoms with Crippen LogP contribution in [0.3, 0.4) is 0 Å². The summed E-state index contributed by atoms with van der Waals surface area (Å²) in [4.78, 5) is 8.36. The molecule has 0 atom stereocenters. The van der Waals surface area contributed by atoms with Crippen molar-refractivity contribution in [3.63, 3.8) is 0 Å². The molecule has 0 aliphatic rings. The van der Waals surface area contributed by atoms with Gasteiger partial charge in [0.2, 0.25) is 0 Å². The molecule has 0 radical (unpaired) electrons. The van der Waals surface area contributed by atoms with Gasteiger partial charge in [0.25, 0.3) is 0 Å². The molecule has 106 valence electrons. The average molecular weight is 285 g/mol. The third-order valence-electron chi connectivity index (χ3n) is 3.35. The van der Waals surface area contributed by atoms with Gasteiger partial charge in [0, 0.05) is 22.7 Å². The van der Waals surface area contributed by atoms with Crippen LogP contribution in [0.2, 0.25) is 0 Å². The highest BCUT2D eigenvalue weighted by Crippen LogP contribution is 2.27. The fourth-order valence-electron chi connectivity index (χ4n) is 2.17. The van der Waals surface area contributed by atoms with E-state index < -0.39 is 11.6 Å². The quantitative estimate of drug-likeness (QED) is 0.764. The Kier molecular flexibility index (Phi) is 3.25. The molecule has 0 unspecified atom stereocenters. The van der Waals surface area contributed by atoms with Crippen molar-refractivity contribution < 1.29 is 8.78 Å². The zero-order valence-electron chi connectivity index (χ0n) is 11.6. The lowest BCUT2D eigenvalue weighted by Gasteiger charge is -2.12. The molecule has 0 fully saturated rings. The lowest BCUT2D eigenvalue weighted by molar-refractivity contribution is 0.578. The van der Waals surface area contributed by atoms with Crippen molar-refractivity contribution in [3.8, 4) is 0 Å². The van der Waals surface area contributed by atoms with E-state index in [2.05, 4.69) is 15.3 Å². The topological polar surface area (TPSA) is 37.8 Å². The van der Waals surface area contributed by atoms with Gasteiger partial charge >= 0.3 is 0 Å². The Morgan fingerprint density at radius 2 is 1.81 bits per heavy atom. The maximum Gasteiger partial charge on any atom is 0.141 e. The molecule has 5 heteroatoms. The Hall–Kier alpha value is -2.56. The summed E-state index contributed by atoms with van der Waals surface area (Å²) in [5.74, 6) is -0.695. The number of hydrogen-bond acceptors (Lipinski definition) is 3. The lowest BCUT2D eigenvalue weighted by Crippen LogP contribution is -2.00. The van der Waals surface area contributed by atoms with Gasteiger partial charge in [-0.1, -0.05) is 11.6 Å². The number of anilines is 2. The summed E-state index contributed by atoms with van der Waals surface area (Å²) in [5.41, 5.74) is 2.53. The Labute approximate surface area is 120 Å². The molecule has 0 spiro atoms. The van der Waals surface area contributed by atoms with Crippen LogP contribution in [0, 0.1) is 25.5 Å². The van der Waals surface area contributed by atoms with Crippen LogP contribution in [0.5, 0.6) is 0 Å². The van der Waals surface area contributed by atoms with E-state index in [9.17, 15) is 8.78 Å². The number of nitrogens with zero attached hydrogens (tertiary/aromatic N) is 2. The van der Waals surface area contributed by atoms with E-state index in [0.717, 1.165) is 22.5 Å². The minimum Gasteiger partial charge on any atom is -0.339 e. The molecule has 3 rings (SSSR count). The molecule has 0 saturated carbocycles. The first-order valence-electron chi connectivity index (χ1n) is 6.48. The van der Waals surface area contributed by atoms with Crippen molar-refractivity contribution in [3.05, 3.63) is 59.4 Å². The molecule has 0 bridgehead atoms. The largest absolute Gasteiger partial charge is 0.339 e. The Balaban J connectivity index is 2.12. The number of rotatable bonds is 2. The van der Waals surface area contributed by atoms with Crippen molar-refractivity contribution in [2.45, 2.75) is 13.8 Å². The molecule has 1 heterocycles. The lowest BCUT2D eigenvalue weighted by atomic mass is 10.1. The maximum absolute atomic E-state index is 13.6. The predicted octanol–water partition coefficient (Wildman–Crippen LogP) is 4.27. The number of halogens is 2. The average Bonchev–Trinajstić information content (AvgIpc) is 2.45. The van der Waals surface area contributed by atoms with E-state index >= 15 is 0 Å². The molecule has 3 aromatic rings. The highest BCUT2D eigenvalue weighted by molar-refractivity contribution is 5.91. The highest BCUT2D eigenvalue weighted by atomic mass is 19.1. The first-order chi connectivity index (χ1) is 10.0. The smallest absolute Gasteiger partial charge is 0.141 e. The first-order valence-corrected chi connectivity index (χ1v) is 6.48.